The van der Waals surface area contributed by atoms with E-state index in [1.165, 1.54) is 31.4 Å². The van der Waals surface area contributed by atoms with Gasteiger partial charge >= 0.3 is 0 Å². The van der Waals surface area contributed by atoms with Crippen LogP contribution >= 0.6 is 0 Å². The highest BCUT2D eigenvalue weighted by atomic mass is 19.2. The zero-order valence-electron chi connectivity index (χ0n) is 15.1. The Morgan fingerprint density at radius 3 is 2.46 bits per heavy atom. The topological polar surface area (TPSA) is 38.7 Å². The maximum absolute atomic E-state index is 14.2. The largest absolute Gasteiger partial charge is 0.494 e. The van der Waals surface area contributed by atoms with Crippen LogP contribution in [0, 0.1) is 35.1 Å². The molecule has 1 aliphatic heterocycles. The maximum atomic E-state index is 14.2. The van der Waals surface area contributed by atoms with E-state index in [2.05, 4.69) is 11.8 Å². The van der Waals surface area contributed by atoms with Gasteiger partial charge in [0.05, 0.1) is 25.9 Å². The summed E-state index contributed by atoms with van der Waals surface area (Å²) in [6, 6.07) is 5.39. The molecule has 148 valence electrons. The van der Waals surface area contributed by atoms with Crippen molar-refractivity contribution in [1.29, 1.82) is 0 Å². The van der Waals surface area contributed by atoms with Crippen molar-refractivity contribution in [2.24, 2.45) is 0 Å². The van der Waals surface area contributed by atoms with Gasteiger partial charge in [0.25, 0.3) is 0 Å². The minimum absolute atomic E-state index is 0.127. The van der Waals surface area contributed by atoms with E-state index < -0.39 is 36.0 Å². The molecule has 2 aromatic carbocycles. The van der Waals surface area contributed by atoms with Crippen molar-refractivity contribution in [1.82, 2.24) is 0 Å². The minimum Gasteiger partial charge on any atom is -0.494 e. The molecule has 1 fully saturated rings. The van der Waals surface area contributed by atoms with Crippen molar-refractivity contribution in [2.45, 2.75) is 31.5 Å². The second kappa shape index (κ2) is 8.63. The zero-order valence-corrected chi connectivity index (χ0v) is 15.1. The van der Waals surface area contributed by atoms with Crippen LogP contribution in [0.3, 0.4) is 0 Å². The molecule has 28 heavy (non-hydrogen) atoms. The normalized spacial score (nSPS) is 19.1. The van der Waals surface area contributed by atoms with Crippen molar-refractivity contribution in [3.63, 3.8) is 0 Å². The number of methoxy groups -OCH3 is 1. The summed E-state index contributed by atoms with van der Waals surface area (Å²) in [4.78, 5) is 0. The first-order valence-electron chi connectivity index (χ1n) is 8.69. The highest BCUT2D eigenvalue weighted by Crippen LogP contribution is 2.33. The Morgan fingerprint density at radius 2 is 1.82 bits per heavy atom. The van der Waals surface area contributed by atoms with Crippen LogP contribution in [-0.4, -0.2) is 24.9 Å². The van der Waals surface area contributed by atoms with Gasteiger partial charge in [-0.3, -0.25) is 0 Å². The molecule has 0 radical (unpaired) electrons. The molecule has 1 N–H and O–H groups in total. The number of benzene rings is 2. The van der Waals surface area contributed by atoms with Crippen LogP contribution in [0.15, 0.2) is 24.3 Å². The van der Waals surface area contributed by atoms with E-state index in [9.17, 15) is 17.6 Å². The van der Waals surface area contributed by atoms with Gasteiger partial charge in [0.15, 0.2) is 23.2 Å². The van der Waals surface area contributed by atoms with Gasteiger partial charge < -0.3 is 14.6 Å². The van der Waals surface area contributed by atoms with E-state index in [1.807, 2.05) is 0 Å². The molecule has 0 aromatic heterocycles. The van der Waals surface area contributed by atoms with Crippen molar-refractivity contribution in [3.8, 4) is 17.6 Å². The predicted octanol–water partition coefficient (Wildman–Crippen LogP) is 4.06. The van der Waals surface area contributed by atoms with Crippen molar-refractivity contribution < 1.29 is 32.1 Å². The number of hydrogen-bond donors (Lipinski definition) is 1. The van der Waals surface area contributed by atoms with E-state index in [0.717, 1.165) is 0 Å². The van der Waals surface area contributed by atoms with Gasteiger partial charge in [-0.1, -0.05) is 24.0 Å². The van der Waals surface area contributed by atoms with E-state index in [0.29, 0.717) is 12.8 Å². The van der Waals surface area contributed by atoms with Crippen LogP contribution in [0.5, 0.6) is 5.75 Å². The summed E-state index contributed by atoms with van der Waals surface area (Å²) in [7, 11) is 1.26. The highest BCUT2D eigenvalue weighted by Gasteiger charge is 2.26. The maximum Gasteiger partial charge on any atom is 0.200 e. The lowest BCUT2D eigenvalue weighted by molar-refractivity contribution is 0.0374. The average Bonchev–Trinajstić information content (AvgIpc) is 2.72. The van der Waals surface area contributed by atoms with Gasteiger partial charge in [0.2, 0.25) is 5.82 Å². The summed E-state index contributed by atoms with van der Waals surface area (Å²) in [5.74, 6) is 0.527. The third-order valence-corrected chi connectivity index (χ3v) is 4.71. The highest BCUT2D eigenvalue weighted by molar-refractivity contribution is 5.39. The van der Waals surface area contributed by atoms with Crippen molar-refractivity contribution in [2.75, 3.05) is 13.7 Å². The third kappa shape index (κ3) is 3.98. The molecule has 7 heteroatoms. The molecule has 2 unspecified atom stereocenters. The van der Waals surface area contributed by atoms with E-state index in [1.54, 1.807) is 0 Å². The molecule has 3 nitrogen and oxygen atoms in total. The molecule has 0 saturated carbocycles. The van der Waals surface area contributed by atoms with Gasteiger partial charge in [-0.15, -0.1) is 0 Å². The number of aliphatic hydroxyl groups is 1. The van der Waals surface area contributed by atoms with E-state index in [4.69, 9.17) is 14.6 Å². The van der Waals surface area contributed by atoms with Crippen molar-refractivity contribution >= 4 is 0 Å². The quantitative estimate of drug-likeness (QED) is 0.631. The Labute approximate surface area is 159 Å². The summed E-state index contributed by atoms with van der Waals surface area (Å²) < 4.78 is 66.0. The average molecular weight is 394 g/mol. The van der Waals surface area contributed by atoms with Crippen LogP contribution < -0.4 is 4.74 Å². The van der Waals surface area contributed by atoms with Gasteiger partial charge in [0, 0.05) is 11.5 Å². The van der Waals surface area contributed by atoms with Crippen molar-refractivity contribution in [3.05, 3.63) is 64.2 Å². The summed E-state index contributed by atoms with van der Waals surface area (Å²) >= 11 is 0. The standard InChI is InChI=1S/C21H18F4O3/c1-27-17-9-8-16(20(24)21(17)25)14-5-7-15(28-11-14)6-4-12-2-3-13(10-26)19(23)18(12)22/h2-3,8-9,14-15,26H,5,7,10-11H2,1H3. The molecular formula is C21H18F4O3. The Morgan fingerprint density at radius 1 is 1.04 bits per heavy atom. The van der Waals surface area contributed by atoms with Gasteiger partial charge in [-0.05, 0) is 30.5 Å². The number of halogens is 4. The van der Waals surface area contributed by atoms with Crippen LogP contribution in [0.4, 0.5) is 17.6 Å². The SMILES string of the molecule is COc1ccc(C2CCC(C#Cc3ccc(CO)c(F)c3F)OC2)c(F)c1F. The Balaban J connectivity index is 1.68. The Kier molecular flexibility index (Phi) is 6.22. The molecule has 0 spiro atoms. The second-order valence-corrected chi connectivity index (χ2v) is 6.41. The molecule has 0 amide bonds. The monoisotopic (exact) mass is 394 g/mol. The molecule has 2 aromatic rings. The number of rotatable bonds is 3. The molecule has 0 aliphatic carbocycles. The first-order valence-corrected chi connectivity index (χ1v) is 8.69. The minimum atomic E-state index is -1.13. The molecule has 1 saturated heterocycles. The molecular weight excluding hydrogens is 376 g/mol. The third-order valence-electron chi connectivity index (χ3n) is 4.71. The fourth-order valence-electron chi connectivity index (χ4n) is 3.10. The lowest BCUT2D eigenvalue weighted by Crippen LogP contribution is -2.24. The molecule has 2 atom stereocenters. The molecule has 1 heterocycles. The van der Waals surface area contributed by atoms with Gasteiger partial charge in [-0.2, -0.15) is 4.39 Å². The Bertz CT molecular complexity index is 925. The smallest absolute Gasteiger partial charge is 0.200 e. The molecule has 0 bridgehead atoms. The zero-order chi connectivity index (χ0) is 20.3. The van der Waals surface area contributed by atoms with Crippen LogP contribution in [0.25, 0.3) is 0 Å². The summed E-state index contributed by atoms with van der Waals surface area (Å²) in [6.45, 7) is -0.478. The Hall–Kier alpha value is -2.56. The number of ether oxygens (including phenoxy) is 2. The van der Waals surface area contributed by atoms with Crippen LogP contribution in [-0.2, 0) is 11.3 Å². The molecule has 3 rings (SSSR count). The number of hydrogen-bond acceptors (Lipinski definition) is 3. The van der Waals surface area contributed by atoms with E-state index in [-0.39, 0.29) is 35.0 Å². The van der Waals surface area contributed by atoms with Crippen LogP contribution in [0.1, 0.15) is 35.4 Å². The van der Waals surface area contributed by atoms with Gasteiger partial charge in [-0.25, -0.2) is 13.2 Å². The predicted molar refractivity (Wildman–Crippen MR) is 93.8 cm³/mol. The second-order valence-electron chi connectivity index (χ2n) is 6.41. The first-order chi connectivity index (χ1) is 13.5. The lowest BCUT2D eigenvalue weighted by atomic mass is 9.91. The summed E-state index contributed by atoms with van der Waals surface area (Å²) in [5.41, 5.74) is -0.0744. The summed E-state index contributed by atoms with van der Waals surface area (Å²) in [5, 5.41) is 8.93. The fraction of sp³-hybridized carbons (Fsp3) is 0.333. The summed E-state index contributed by atoms with van der Waals surface area (Å²) in [6.07, 6.45) is 0.411. The van der Waals surface area contributed by atoms with Crippen LogP contribution in [0.2, 0.25) is 0 Å². The fourth-order valence-corrected chi connectivity index (χ4v) is 3.10. The first kappa shape index (κ1) is 20.2. The van der Waals surface area contributed by atoms with E-state index >= 15 is 0 Å². The lowest BCUT2D eigenvalue weighted by Gasteiger charge is -2.27. The number of aliphatic hydroxyl groups excluding tert-OH is 1. The van der Waals surface area contributed by atoms with Gasteiger partial charge in [0.1, 0.15) is 6.10 Å². The molecule has 1 aliphatic rings.